The summed E-state index contributed by atoms with van der Waals surface area (Å²) < 4.78 is 15.4. The SMILES string of the molecule is COc1ccc(OC)c(/C=N/OCC(=O)Nc2ccc(OC)c(Cl)c2)c1. The number of ether oxygens (including phenoxy) is 3. The number of methoxy groups -OCH3 is 3. The fourth-order valence-corrected chi connectivity index (χ4v) is 2.33. The number of anilines is 1. The summed E-state index contributed by atoms with van der Waals surface area (Å²) in [6.45, 7) is -0.258. The normalized spacial score (nSPS) is 10.5. The van der Waals surface area contributed by atoms with Crippen molar-refractivity contribution in [2.75, 3.05) is 33.3 Å². The summed E-state index contributed by atoms with van der Waals surface area (Å²) in [6.07, 6.45) is 1.44. The molecule has 8 heteroatoms. The van der Waals surface area contributed by atoms with Crippen molar-refractivity contribution in [3.8, 4) is 17.2 Å². The van der Waals surface area contributed by atoms with E-state index in [4.69, 9.17) is 30.6 Å². The third-order valence-electron chi connectivity index (χ3n) is 3.33. The lowest BCUT2D eigenvalue weighted by molar-refractivity contribution is -0.120. The lowest BCUT2D eigenvalue weighted by atomic mass is 10.2. The Morgan fingerprint density at radius 2 is 1.81 bits per heavy atom. The maximum absolute atomic E-state index is 11.9. The molecule has 138 valence electrons. The molecule has 0 spiro atoms. The van der Waals surface area contributed by atoms with Crippen LogP contribution in [0.25, 0.3) is 0 Å². The number of hydrogen-bond acceptors (Lipinski definition) is 6. The number of nitrogens with one attached hydrogen (secondary N) is 1. The van der Waals surface area contributed by atoms with Gasteiger partial charge in [0.15, 0.2) is 6.61 Å². The molecule has 0 aromatic heterocycles. The average Bonchev–Trinajstić information content (AvgIpc) is 2.65. The zero-order valence-corrected chi connectivity index (χ0v) is 15.4. The van der Waals surface area contributed by atoms with Crippen molar-refractivity contribution in [3.05, 3.63) is 47.0 Å². The second kappa shape index (κ2) is 9.53. The molecule has 0 aliphatic rings. The van der Waals surface area contributed by atoms with Crippen LogP contribution < -0.4 is 19.5 Å². The molecule has 1 N–H and O–H groups in total. The number of carbonyl (C=O) groups is 1. The number of carbonyl (C=O) groups excluding carboxylic acids is 1. The van der Waals surface area contributed by atoms with Crippen molar-refractivity contribution in [1.82, 2.24) is 0 Å². The average molecular weight is 379 g/mol. The number of benzene rings is 2. The fourth-order valence-electron chi connectivity index (χ4n) is 2.07. The maximum Gasteiger partial charge on any atom is 0.265 e. The van der Waals surface area contributed by atoms with Gasteiger partial charge in [-0.3, -0.25) is 4.79 Å². The summed E-state index contributed by atoms with van der Waals surface area (Å²) in [4.78, 5) is 16.9. The minimum atomic E-state index is -0.374. The van der Waals surface area contributed by atoms with Gasteiger partial charge in [-0.15, -0.1) is 0 Å². The van der Waals surface area contributed by atoms with Gasteiger partial charge in [0.1, 0.15) is 17.2 Å². The zero-order chi connectivity index (χ0) is 18.9. The van der Waals surface area contributed by atoms with Gasteiger partial charge in [-0.2, -0.15) is 0 Å². The summed E-state index contributed by atoms with van der Waals surface area (Å²) in [5.74, 6) is 1.41. The van der Waals surface area contributed by atoms with E-state index in [0.717, 1.165) is 0 Å². The highest BCUT2D eigenvalue weighted by atomic mass is 35.5. The fraction of sp³-hybridized carbons (Fsp3) is 0.222. The molecule has 0 bridgehead atoms. The van der Waals surface area contributed by atoms with E-state index in [9.17, 15) is 4.79 Å². The van der Waals surface area contributed by atoms with E-state index in [1.54, 1.807) is 50.6 Å². The van der Waals surface area contributed by atoms with E-state index >= 15 is 0 Å². The Labute approximate surface area is 156 Å². The number of amides is 1. The third kappa shape index (κ3) is 5.29. The van der Waals surface area contributed by atoms with Crippen LogP contribution in [0.5, 0.6) is 17.2 Å². The van der Waals surface area contributed by atoms with Crippen LogP contribution in [0.15, 0.2) is 41.6 Å². The van der Waals surface area contributed by atoms with Crippen LogP contribution in [0.2, 0.25) is 5.02 Å². The molecule has 26 heavy (non-hydrogen) atoms. The van der Waals surface area contributed by atoms with E-state index in [1.807, 2.05) is 0 Å². The summed E-state index contributed by atoms with van der Waals surface area (Å²) in [5.41, 5.74) is 1.19. The molecule has 0 aliphatic carbocycles. The lowest BCUT2D eigenvalue weighted by Gasteiger charge is -2.08. The minimum absolute atomic E-state index is 0.258. The molecule has 2 rings (SSSR count). The van der Waals surface area contributed by atoms with E-state index < -0.39 is 0 Å². The number of hydrogen-bond donors (Lipinski definition) is 1. The second-order valence-corrected chi connectivity index (χ2v) is 5.42. The first-order chi connectivity index (χ1) is 12.6. The highest BCUT2D eigenvalue weighted by molar-refractivity contribution is 6.32. The molecule has 2 aromatic carbocycles. The third-order valence-corrected chi connectivity index (χ3v) is 3.63. The Bertz CT molecular complexity index is 795. The summed E-state index contributed by atoms with van der Waals surface area (Å²) >= 11 is 6.01. The van der Waals surface area contributed by atoms with E-state index in [0.29, 0.717) is 33.5 Å². The largest absolute Gasteiger partial charge is 0.497 e. The molecule has 0 heterocycles. The van der Waals surface area contributed by atoms with Crippen LogP contribution in [-0.4, -0.2) is 40.1 Å². The topological polar surface area (TPSA) is 78.4 Å². The van der Waals surface area contributed by atoms with Crippen molar-refractivity contribution in [3.63, 3.8) is 0 Å². The van der Waals surface area contributed by atoms with E-state index in [1.165, 1.54) is 13.3 Å². The number of rotatable bonds is 8. The minimum Gasteiger partial charge on any atom is -0.497 e. The number of oxime groups is 1. The lowest BCUT2D eigenvalue weighted by Crippen LogP contribution is -2.17. The molecule has 0 unspecified atom stereocenters. The van der Waals surface area contributed by atoms with Gasteiger partial charge in [-0.1, -0.05) is 16.8 Å². The molecular formula is C18H19ClN2O5. The highest BCUT2D eigenvalue weighted by Gasteiger charge is 2.07. The van der Waals surface area contributed by atoms with Crippen LogP contribution in [0.3, 0.4) is 0 Å². The molecule has 0 radical (unpaired) electrons. The molecule has 0 fully saturated rings. The zero-order valence-electron chi connectivity index (χ0n) is 14.6. The van der Waals surface area contributed by atoms with Crippen LogP contribution in [-0.2, 0) is 9.63 Å². The maximum atomic E-state index is 11.9. The molecule has 7 nitrogen and oxygen atoms in total. The van der Waals surface area contributed by atoms with Gasteiger partial charge in [0.25, 0.3) is 5.91 Å². The Morgan fingerprint density at radius 3 is 2.46 bits per heavy atom. The van der Waals surface area contributed by atoms with Crippen LogP contribution >= 0.6 is 11.6 Å². The standard InChI is InChI=1S/C18H19ClN2O5/c1-23-14-5-7-16(24-2)12(8-14)10-20-26-11-18(22)21-13-4-6-17(25-3)15(19)9-13/h4-10H,11H2,1-3H3,(H,21,22)/b20-10+. The smallest absolute Gasteiger partial charge is 0.265 e. The van der Waals surface area contributed by atoms with Crippen molar-refractivity contribution >= 4 is 29.4 Å². The first kappa shape index (κ1) is 19.4. The number of nitrogens with zero attached hydrogens (tertiary/aromatic N) is 1. The number of halogens is 1. The first-order valence-electron chi connectivity index (χ1n) is 7.58. The molecule has 0 aliphatic heterocycles. The van der Waals surface area contributed by atoms with Crippen molar-refractivity contribution < 1.29 is 23.8 Å². The van der Waals surface area contributed by atoms with E-state index in [2.05, 4.69) is 10.5 Å². The van der Waals surface area contributed by atoms with Gasteiger partial charge in [0.2, 0.25) is 0 Å². The monoisotopic (exact) mass is 378 g/mol. The molecular weight excluding hydrogens is 360 g/mol. The second-order valence-electron chi connectivity index (χ2n) is 5.01. The summed E-state index contributed by atoms with van der Waals surface area (Å²) in [7, 11) is 4.63. The molecule has 0 saturated heterocycles. The van der Waals surface area contributed by atoms with Gasteiger partial charge in [0.05, 0.1) is 32.6 Å². The van der Waals surface area contributed by atoms with Crippen molar-refractivity contribution in [1.29, 1.82) is 0 Å². The quantitative estimate of drug-likeness (QED) is 0.563. The van der Waals surface area contributed by atoms with Crippen molar-refractivity contribution in [2.24, 2.45) is 5.16 Å². The van der Waals surface area contributed by atoms with E-state index in [-0.39, 0.29) is 12.5 Å². The first-order valence-corrected chi connectivity index (χ1v) is 7.96. The Morgan fingerprint density at radius 1 is 1.08 bits per heavy atom. The van der Waals surface area contributed by atoms with Gasteiger partial charge < -0.3 is 24.4 Å². The molecule has 0 atom stereocenters. The van der Waals surface area contributed by atoms with Gasteiger partial charge in [-0.25, -0.2) is 0 Å². The van der Waals surface area contributed by atoms with Gasteiger partial charge in [-0.05, 0) is 36.4 Å². The molecule has 2 aromatic rings. The molecule has 1 amide bonds. The predicted octanol–water partition coefficient (Wildman–Crippen LogP) is 3.36. The summed E-state index contributed by atoms with van der Waals surface area (Å²) in [6, 6.07) is 10.2. The van der Waals surface area contributed by atoms with Gasteiger partial charge in [0, 0.05) is 11.3 Å². The Hall–Kier alpha value is -2.93. The van der Waals surface area contributed by atoms with Crippen LogP contribution in [0.1, 0.15) is 5.56 Å². The van der Waals surface area contributed by atoms with Gasteiger partial charge >= 0.3 is 0 Å². The van der Waals surface area contributed by atoms with Crippen LogP contribution in [0.4, 0.5) is 5.69 Å². The predicted molar refractivity (Wildman–Crippen MR) is 99.7 cm³/mol. The highest BCUT2D eigenvalue weighted by Crippen LogP contribution is 2.27. The molecule has 0 saturated carbocycles. The van der Waals surface area contributed by atoms with Crippen molar-refractivity contribution in [2.45, 2.75) is 0 Å². The summed E-state index contributed by atoms with van der Waals surface area (Å²) in [5, 5.41) is 6.83. The van der Waals surface area contributed by atoms with Crippen LogP contribution in [0, 0.1) is 0 Å². The Balaban J connectivity index is 1.90. The Kier molecular flexibility index (Phi) is 7.11.